The van der Waals surface area contributed by atoms with Crippen molar-refractivity contribution in [3.63, 3.8) is 0 Å². The van der Waals surface area contributed by atoms with Gasteiger partial charge in [-0.25, -0.2) is 0 Å². The number of hydrogen-bond donors (Lipinski definition) is 0. The maximum Gasteiger partial charge on any atom is 0.0652 e. The Labute approximate surface area is 61.1 Å². The third kappa shape index (κ3) is 3.43. The zero-order valence-electron chi connectivity index (χ0n) is 5.95. The van der Waals surface area contributed by atoms with Crippen LogP contribution in [0.3, 0.4) is 0 Å². The Hall–Kier alpha value is -0.600. The Morgan fingerprint density at radius 2 is 0.900 bits per heavy atom. The molecule has 0 aromatic heterocycles. The third-order valence-electron chi connectivity index (χ3n) is 1.19. The largest absolute Gasteiger partial charge is 0.373 e. The molecule has 0 fully saturated rings. The summed E-state index contributed by atoms with van der Waals surface area (Å²) in [5, 5.41) is 0. The fourth-order valence-electron chi connectivity index (χ4n) is 0.680. The summed E-state index contributed by atoms with van der Waals surface area (Å²) >= 11 is 0. The highest BCUT2D eigenvalue weighted by Crippen LogP contribution is 1.86. The van der Waals surface area contributed by atoms with Crippen molar-refractivity contribution in [1.29, 1.82) is 0 Å². The van der Waals surface area contributed by atoms with Gasteiger partial charge in [0.05, 0.1) is 26.4 Å². The van der Waals surface area contributed by atoms with Gasteiger partial charge in [-0.1, -0.05) is 24.3 Å². The van der Waals surface area contributed by atoms with Crippen LogP contribution in [0.4, 0.5) is 0 Å². The van der Waals surface area contributed by atoms with Crippen LogP contribution in [0, 0.1) is 0 Å². The summed E-state index contributed by atoms with van der Waals surface area (Å²) in [5.41, 5.74) is 0. The molecule has 1 heterocycles. The molecule has 0 atom stereocenters. The maximum atomic E-state index is 5.18. The van der Waals surface area contributed by atoms with E-state index in [2.05, 4.69) is 0 Å². The predicted octanol–water partition coefficient (Wildman–Crippen LogP) is 1.15. The van der Waals surface area contributed by atoms with Crippen molar-refractivity contribution in [2.24, 2.45) is 0 Å². The molecule has 0 N–H and O–H groups in total. The quantitative estimate of drug-likeness (QED) is 0.470. The summed E-state index contributed by atoms with van der Waals surface area (Å²) in [7, 11) is 0. The van der Waals surface area contributed by atoms with Gasteiger partial charge in [0.15, 0.2) is 0 Å². The molecular weight excluding hydrogens is 128 g/mol. The fourth-order valence-corrected chi connectivity index (χ4v) is 0.680. The Balaban J connectivity index is 2.22. The normalized spacial score (nSPS) is 24.0. The summed E-state index contributed by atoms with van der Waals surface area (Å²) < 4.78 is 10.4. The van der Waals surface area contributed by atoms with E-state index < -0.39 is 0 Å². The highest BCUT2D eigenvalue weighted by Gasteiger charge is 1.83. The van der Waals surface area contributed by atoms with Crippen molar-refractivity contribution in [3.8, 4) is 0 Å². The molecule has 10 heavy (non-hydrogen) atoms. The topological polar surface area (TPSA) is 18.5 Å². The molecule has 2 heteroatoms. The van der Waals surface area contributed by atoms with Gasteiger partial charge in [-0.2, -0.15) is 0 Å². The minimum absolute atomic E-state index is 0.688. The molecule has 0 saturated carbocycles. The lowest BCUT2D eigenvalue weighted by Gasteiger charge is -1.99. The van der Waals surface area contributed by atoms with E-state index in [1.165, 1.54) is 0 Å². The first kappa shape index (κ1) is 7.51. The SMILES string of the molecule is C1=CCOC/C=C\COC1. The van der Waals surface area contributed by atoms with Crippen LogP contribution in [0.1, 0.15) is 0 Å². The van der Waals surface area contributed by atoms with Crippen molar-refractivity contribution in [1.82, 2.24) is 0 Å². The molecule has 1 rings (SSSR count). The summed E-state index contributed by atoms with van der Waals surface area (Å²) in [6.45, 7) is 2.75. The lowest BCUT2D eigenvalue weighted by atomic mass is 10.5. The summed E-state index contributed by atoms with van der Waals surface area (Å²) in [5.74, 6) is 0. The number of hydrogen-bond acceptors (Lipinski definition) is 2. The Bertz CT molecular complexity index is 99.2. The molecule has 0 amide bonds. The van der Waals surface area contributed by atoms with E-state index in [1.54, 1.807) is 0 Å². The highest BCUT2D eigenvalue weighted by atomic mass is 16.5. The highest BCUT2D eigenvalue weighted by molar-refractivity contribution is 4.86. The molecule has 0 aliphatic carbocycles. The van der Waals surface area contributed by atoms with E-state index in [4.69, 9.17) is 9.47 Å². The molecule has 0 saturated heterocycles. The summed E-state index contributed by atoms with van der Waals surface area (Å²) in [6.07, 6.45) is 7.89. The summed E-state index contributed by atoms with van der Waals surface area (Å²) in [6, 6.07) is 0. The molecule has 0 bridgehead atoms. The monoisotopic (exact) mass is 140 g/mol. The maximum absolute atomic E-state index is 5.18. The second-order valence-corrected chi connectivity index (χ2v) is 2.02. The lowest BCUT2D eigenvalue weighted by molar-refractivity contribution is 0.176. The van der Waals surface area contributed by atoms with Gasteiger partial charge >= 0.3 is 0 Å². The first-order valence-electron chi connectivity index (χ1n) is 3.45. The molecular formula is C8H12O2. The number of rotatable bonds is 0. The second kappa shape index (κ2) is 5.21. The average Bonchev–Trinajstić information content (AvgIpc) is 2.01. The van der Waals surface area contributed by atoms with Crippen LogP contribution in [-0.4, -0.2) is 26.4 Å². The van der Waals surface area contributed by atoms with Gasteiger partial charge in [0.25, 0.3) is 0 Å². The zero-order chi connectivity index (χ0) is 7.07. The van der Waals surface area contributed by atoms with Gasteiger partial charge < -0.3 is 9.47 Å². The van der Waals surface area contributed by atoms with E-state index in [0.717, 1.165) is 0 Å². The first-order chi connectivity index (χ1) is 5.00. The van der Waals surface area contributed by atoms with E-state index in [0.29, 0.717) is 26.4 Å². The van der Waals surface area contributed by atoms with Gasteiger partial charge in [-0.3, -0.25) is 0 Å². The minimum atomic E-state index is 0.688. The van der Waals surface area contributed by atoms with E-state index in [-0.39, 0.29) is 0 Å². The smallest absolute Gasteiger partial charge is 0.0652 e. The first-order valence-corrected chi connectivity index (χ1v) is 3.45. The van der Waals surface area contributed by atoms with Crippen molar-refractivity contribution < 1.29 is 9.47 Å². The fraction of sp³-hybridized carbons (Fsp3) is 0.500. The van der Waals surface area contributed by atoms with Crippen molar-refractivity contribution in [2.45, 2.75) is 0 Å². The van der Waals surface area contributed by atoms with Crippen LogP contribution >= 0.6 is 0 Å². The van der Waals surface area contributed by atoms with E-state index in [9.17, 15) is 0 Å². The average molecular weight is 140 g/mol. The van der Waals surface area contributed by atoms with E-state index >= 15 is 0 Å². The van der Waals surface area contributed by atoms with Crippen LogP contribution in [0.15, 0.2) is 24.3 Å². The standard InChI is InChI=1S/C8H12O2/c1-2-6-10-8-4-3-7-9-5-1/h1-4H,5-8H2/b2-1-,4-3?. The summed E-state index contributed by atoms with van der Waals surface area (Å²) in [4.78, 5) is 0. The Morgan fingerprint density at radius 1 is 0.600 bits per heavy atom. The second-order valence-electron chi connectivity index (χ2n) is 2.02. The van der Waals surface area contributed by atoms with E-state index in [1.807, 2.05) is 24.3 Å². The third-order valence-corrected chi connectivity index (χ3v) is 1.19. The van der Waals surface area contributed by atoms with Crippen LogP contribution in [0.25, 0.3) is 0 Å². The van der Waals surface area contributed by atoms with Crippen molar-refractivity contribution in [3.05, 3.63) is 24.3 Å². The minimum Gasteiger partial charge on any atom is -0.373 e. The Morgan fingerprint density at radius 3 is 1.20 bits per heavy atom. The predicted molar refractivity (Wildman–Crippen MR) is 39.9 cm³/mol. The molecule has 0 unspecified atom stereocenters. The van der Waals surface area contributed by atoms with Gasteiger partial charge in [0.2, 0.25) is 0 Å². The van der Waals surface area contributed by atoms with Gasteiger partial charge in [0, 0.05) is 0 Å². The lowest BCUT2D eigenvalue weighted by Crippen LogP contribution is -1.96. The molecule has 1 aliphatic heterocycles. The zero-order valence-corrected chi connectivity index (χ0v) is 5.95. The van der Waals surface area contributed by atoms with Gasteiger partial charge in [0.1, 0.15) is 0 Å². The van der Waals surface area contributed by atoms with Crippen LogP contribution in [0.5, 0.6) is 0 Å². The molecule has 0 spiro atoms. The van der Waals surface area contributed by atoms with Crippen LogP contribution in [0.2, 0.25) is 0 Å². The van der Waals surface area contributed by atoms with Crippen molar-refractivity contribution in [2.75, 3.05) is 26.4 Å². The van der Waals surface area contributed by atoms with Crippen molar-refractivity contribution >= 4 is 0 Å². The van der Waals surface area contributed by atoms with Gasteiger partial charge in [-0.05, 0) is 0 Å². The number of ether oxygens (including phenoxy) is 2. The van der Waals surface area contributed by atoms with Crippen LogP contribution < -0.4 is 0 Å². The Kier molecular flexibility index (Phi) is 3.91. The molecule has 1 aliphatic rings. The molecule has 0 aromatic rings. The van der Waals surface area contributed by atoms with Crippen LogP contribution in [-0.2, 0) is 9.47 Å². The van der Waals surface area contributed by atoms with Gasteiger partial charge in [-0.15, -0.1) is 0 Å². The molecule has 56 valence electrons. The molecule has 2 nitrogen and oxygen atoms in total. The molecule has 0 radical (unpaired) electrons. The molecule has 0 aromatic carbocycles.